The van der Waals surface area contributed by atoms with Gasteiger partial charge in [0, 0.05) is 0 Å². The van der Waals surface area contributed by atoms with Gasteiger partial charge in [-0.25, -0.2) is 0 Å². The summed E-state index contributed by atoms with van der Waals surface area (Å²) in [7, 11) is 0. The maximum Gasteiger partial charge on any atom is 0.0573 e. The summed E-state index contributed by atoms with van der Waals surface area (Å²) < 4.78 is 0. The second kappa shape index (κ2) is 2.21. The Labute approximate surface area is 61.4 Å². The molecule has 2 heteroatoms. The van der Waals surface area contributed by atoms with E-state index in [1.807, 2.05) is 0 Å². The molecular weight excluding hydrogens is 126 g/mol. The molecule has 0 aromatic carbocycles. The van der Waals surface area contributed by atoms with Gasteiger partial charge in [0.2, 0.25) is 0 Å². The number of fused-ring (bicyclic) bond motifs is 1. The van der Waals surface area contributed by atoms with Crippen LogP contribution in [0.15, 0.2) is 0 Å². The van der Waals surface area contributed by atoms with Crippen LogP contribution in [-0.2, 0) is 0 Å². The molecule has 0 aliphatic heterocycles. The van der Waals surface area contributed by atoms with Crippen LogP contribution < -0.4 is 5.73 Å². The first-order valence-corrected chi connectivity index (χ1v) is 4.19. The second-order valence-electron chi connectivity index (χ2n) is 3.80. The van der Waals surface area contributed by atoms with E-state index in [-0.39, 0.29) is 6.10 Å². The molecule has 0 radical (unpaired) electrons. The zero-order valence-corrected chi connectivity index (χ0v) is 6.16. The van der Waals surface area contributed by atoms with Gasteiger partial charge in [-0.3, -0.25) is 0 Å². The minimum Gasteiger partial charge on any atom is -0.393 e. The summed E-state index contributed by atoms with van der Waals surface area (Å²) >= 11 is 0. The van der Waals surface area contributed by atoms with E-state index in [2.05, 4.69) is 0 Å². The Balaban J connectivity index is 1.93. The number of aliphatic hydroxyl groups excluding tert-OH is 1. The molecule has 2 nitrogen and oxygen atoms in total. The SMILES string of the molecule is NCC1C[C@@H]2CC(O)[C@@H]2C1. The molecular formula is C8H15NO. The van der Waals surface area contributed by atoms with E-state index in [0.29, 0.717) is 11.8 Å². The average molecular weight is 141 g/mol. The molecule has 2 rings (SSSR count). The third kappa shape index (κ3) is 0.789. The largest absolute Gasteiger partial charge is 0.393 e. The quantitative estimate of drug-likeness (QED) is 0.553. The monoisotopic (exact) mass is 141 g/mol. The van der Waals surface area contributed by atoms with Gasteiger partial charge < -0.3 is 10.8 Å². The molecule has 2 aliphatic rings. The van der Waals surface area contributed by atoms with E-state index in [4.69, 9.17) is 5.73 Å². The number of hydrogen-bond donors (Lipinski definition) is 2. The summed E-state index contributed by atoms with van der Waals surface area (Å²) in [5, 5.41) is 9.29. The fourth-order valence-corrected chi connectivity index (χ4v) is 2.50. The number of rotatable bonds is 1. The minimum atomic E-state index is 0.0153. The Morgan fingerprint density at radius 1 is 1.30 bits per heavy atom. The molecule has 3 N–H and O–H groups in total. The topological polar surface area (TPSA) is 46.2 Å². The van der Waals surface area contributed by atoms with Gasteiger partial charge >= 0.3 is 0 Å². The van der Waals surface area contributed by atoms with Gasteiger partial charge in [0.25, 0.3) is 0 Å². The molecule has 2 unspecified atom stereocenters. The Hall–Kier alpha value is -0.0800. The van der Waals surface area contributed by atoms with Crippen LogP contribution in [0.5, 0.6) is 0 Å². The molecule has 2 saturated carbocycles. The van der Waals surface area contributed by atoms with Crippen molar-refractivity contribution in [2.75, 3.05) is 6.54 Å². The molecule has 0 bridgehead atoms. The fraction of sp³-hybridized carbons (Fsp3) is 1.00. The third-order valence-corrected chi connectivity index (χ3v) is 3.22. The van der Waals surface area contributed by atoms with Crippen molar-refractivity contribution >= 4 is 0 Å². The Morgan fingerprint density at radius 3 is 2.60 bits per heavy atom. The van der Waals surface area contributed by atoms with Gasteiger partial charge in [-0.2, -0.15) is 0 Å². The third-order valence-electron chi connectivity index (χ3n) is 3.22. The molecule has 0 aromatic heterocycles. The summed E-state index contributed by atoms with van der Waals surface area (Å²) in [5.41, 5.74) is 5.55. The average Bonchev–Trinajstić information content (AvgIpc) is 2.26. The molecule has 0 amide bonds. The normalized spacial score (nSPS) is 52.2. The standard InChI is InChI=1S/C8H15NO/c9-4-5-1-6-3-8(10)7(6)2-5/h5-8,10H,1-4,9H2/t5?,6-,7-,8?/m1/s1. The second-order valence-corrected chi connectivity index (χ2v) is 3.80. The zero-order valence-electron chi connectivity index (χ0n) is 6.16. The summed E-state index contributed by atoms with van der Waals surface area (Å²) in [5.74, 6) is 2.16. The van der Waals surface area contributed by atoms with Crippen LogP contribution in [-0.4, -0.2) is 17.8 Å². The molecule has 2 fully saturated rings. The molecule has 0 spiro atoms. The van der Waals surface area contributed by atoms with Crippen molar-refractivity contribution in [2.24, 2.45) is 23.5 Å². The predicted octanol–water partition coefficient (Wildman–Crippen LogP) is 0.352. The zero-order chi connectivity index (χ0) is 7.14. The molecule has 0 heterocycles. The lowest BCUT2D eigenvalue weighted by Gasteiger charge is -2.36. The highest BCUT2D eigenvalue weighted by Gasteiger charge is 2.46. The summed E-state index contributed by atoms with van der Waals surface area (Å²) in [6.07, 6.45) is 3.52. The molecule has 4 atom stereocenters. The van der Waals surface area contributed by atoms with E-state index in [1.165, 1.54) is 12.8 Å². The van der Waals surface area contributed by atoms with Gasteiger partial charge in [0.05, 0.1) is 6.10 Å². The Morgan fingerprint density at radius 2 is 2.10 bits per heavy atom. The smallest absolute Gasteiger partial charge is 0.0573 e. The molecule has 2 aliphatic carbocycles. The van der Waals surface area contributed by atoms with Crippen molar-refractivity contribution in [3.63, 3.8) is 0 Å². The van der Waals surface area contributed by atoms with Crippen molar-refractivity contribution in [3.8, 4) is 0 Å². The van der Waals surface area contributed by atoms with Gasteiger partial charge in [0.15, 0.2) is 0 Å². The molecule has 10 heavy (non-hydrogen) atoms. The number of nitrogens with two attached hydrogens (primary N) is 1. The first-order valence-electron chi connectivity index (χ1n) is 4.19. The summed E-state index contributed by atoms with van der Waals surface area (Å²) in [4.78, 5) is 0. The summed E-state index contributed by atoms with van der Waals surface area (Å²) in [6, 6.07) is 0. The van der Waals surface area contributed by atoms with Crippen LogP contribution in [0, 0.1) is 17.8 Å². The highest BCUT2D eigenvalue weighted by Crippen LogP contribution is 2.49. The van der Waals surface area contributed by atoms with E-state index in [0.717, 1.165) is 18.9 Å². The Bertz CT molecular complexity index is 137. The van der Waals surface area contributed by atoms with Crippen LogP contribution in [0.25, 0.3) is 0 Å². The number of aliphatic hydroxyl groups is 1. The highest BCUT2D eigenvalue weighted by atomic mass is 16.3. The molecule has 0 aromatic rings. The lowest BCUT2D eigenvalue weighted by Crippen LogP contribution is -2.37. The summed E-state index contributed by atoms with van der Waals surface area (Å²) in [6.45, 7) is 0.819. The number of hydrogen-bond acceptors (Lipinski definition) is 2. The molecule has 58 valence electrons. The maximum atomic E-state index is 9.29. The minimum absolute atomic E-state index is 0.0153. The van der Waals surface area contributed by atoms with E-state index in [1.54, 1.807) is 0 Å². The van der Waals surface area contributed by atoms with Crippen LogP contribution in [0.1, 0.15) is 19.3 Å². The van der Waals surface area contributed by atoms with Gasteiger partial charge in [-0.05, 0) is 43.6 Å². The van der Waals surface area contributed by atoms with Crippen LogP contribution >= 0.6 is 0 Å². The van der Waals surface area contributed by atoms with Crippen molar-refractivity contribution in [3.05, 3.63) is 0 Å². The first-order chi connectivity index (χ1) is 4.81. The first kappa shape index (κ1) is 6.62. The highest BCUT2D eigenvalue weighted by molar-refractivity contribution is 4.96. The lowest BCUT2D eigenvalue weighted by atomic mass is 9.74. The van der Waals surface area contributed by atoms with E-state index >= 15 is 0 Å². The fourth-order valence-electron chi connectivity index (χ4n) is 2.50. The Kier molecular flexibility index (Phi) is 1.46. The van der Waals surface area contributed by atoms with Crippen molar-refractivity contribution in [1.82, 2.24) is 0 Å². The predicted molar refractivity (Wildman–Crippen MR) is 39.4 cm³/mol. The van der Waals surface area contributed by atoms with Crippen LogP contribution in [0.3, 0.4) is 0 Å². The maximum absolute atomic E-state index is 9.29. The van der Waals surface area contributed by atoms with Gasteiger partial charge in [0.1, 0.15) is 0 Å². The van der Waals surface area contributed by atoms with E-state index in [9.17, 15) is 5.11 Å². The van der Waals surface area contributed by atoms with Crippen molar-refractivity contribution < 1.29 is 5.11 Å². The van der Waals surface area contributed by atoms with E-state index < -0.39 is 0 Å². The molecule has 0 saturated heterocycles. The van der Waals surface area contributed by atoms with Gasteiger partial charge in [-0.1, -0.05) is 0 Å². The van der Waals surface area contributed by atoms with Crippen LogP contribution in [0.4, 0.5) is 0 Å². The van der Waals surface area contributed by atoms with Crippen molar-refractivity contribution in [2.45, 2.75) is 25.4 Å². The van der Waals surface area contributed by atoms with Crippen LogP contribution in [0.2, 0.25) is 0 Å². The van der Waals surface area contributed by atoms with Gasteiger partial charge in [-0.15, -0.1) is 0 Å². The lowest BCUT2D eigenvalue weighted by molar-refractivity contribution is -0.0146. The van der Waals surface area contributed by atoms with Crippen molar-refractivity contribution in [1.29, 1.82) is 0 Å².